The molecule has 0 aliphatic heterocycles. The molecular weight excluding hydrogens is 398 g/mol. The van der Waals surface area contributed by atoms with Gasteiger partial charge in [0, 0.05) is 18.7 Å². The van der Waals surface area contributed by atoms with Crippen molar-refractivity contribution in [3.05, 3.63) is 29.8 Å². The number of nitrogen functional groups attached to an aromatic ring is 1. The highest BCUT2D eigenvalue weighted by Gasteiger charge is 2.29. The zero-order chi connectivity index (χ0) is 23.0. The van der Waals surface area contributed by atoms with Crippen LogP contribution in [-0.4, -0.2) is 43.3 Å². The Labute approximate surface area is 184 Å². The highest BCUT2D eigenvalue weighted by atomic mass is 16.6. The molecule has 1 saturated carbocycles. The summed E-state index contributed by atoms with van der Waals surface area (Å²) in [5.74, 6) is -0.182. The van der Waals surface area contributed by atoms with Crippen molar-refractivity contribution in [2.24, 2.45) is 11.8 Å². The smallest absolute Gasteiger partial charge is 0.408 e. The number of esters is 1. The van der Waals surface area contributed by atoms with E-state index in [1.54, 1.807) is 32.9 Å². The topological polar surface area (TPSA) is 120 Å². The van der Waals surface area contributed by atoms with Crippen molar-refractivity contribution in [2.75, 3.05) is 19.4 Å². The first-order valence-corrected chi connectivity index (χ1v) is 10.8. The van der Waals surface area contributed by atoms with Crippen LogP contribution in [0.4, 0.5) is 10.5 Å². The number of carbonyl (C=O) groups is 3. The molecule has 8 nitrogen and oxygen atoms in total. The summed E-state index contributed by atoms with van der Waals surface area (Å²) in [4.78, 5) is 36.8. The fraction of sp³-hybridized carbons (Fsp3) is 0.609. The van der Waals surface area contributed by atoms with Gasteiger partial charge in [0.25, 0.3) is 0 Å². The highest BCUT2D eigenvalue weighted by molar-refractivity contribution is 5.86. The number of nitrogens with one attached hydrogen (secondary N) is 2. The third-order valence-electron chi connectivity index (χ3n) is 5.37. The van der Waals surface area contributed by atoms with Gasteiger partial charge in [-0.15, -0.1) is 0 Å². The quantitative estimate of drug-likeness (QED) is 0.449. The summed E-state index contributed by atoms with van der Waals surface area (Å²) < 4.78 is 10.1. The number of ether oxygens (including phenoxy) is 2. The van der Waals surface area contributed by atoms with E-state index in [4.69, 9.17) is 15.2 Å². The molecule has 1 aliphatic rings. The van der Waals surface area contributed by atoms with Crippen LogP contribution in [-0.2, 0) is 25.5 Å². The largest absolute Gasteiger partial charge is 0.469 e. The average Bonchev–Trinajstić information content (AvgIpc) is 2.71. The second-order valence-electron chi connectivity index (χ2n) is 9.13. The predicted molar refractivity (Wildman–Crippen MR) is 118 cm³/mol. The van der Waals surface area contributed by atoms with Crippen LogP contribution in [0.25, 0.3) is 0 Å². The summed E-state index contributed by atoms with van der Waals surface area (Å²) in [6.07, 6.45) is 2.91. The third-order valence-corrected chi connectivity index (χ3v) is 5.37. The Kier molecular flexibility index (Phi) is 8.71. The summed E-state index contributed by atoms with van der Waals surface area (Å²) in [5, 5.41) is 5.65. The summed E-state index contributed by atoms with van der Waals surface area (Å²) in [5.41, 5.74) is 6.59. The van der Waals surface area contributed by atoms with Gasteiger partial charge in [-0.25, -0.2) is 4.79 Å². The molecule has 1 aromatic carbocycles. The molecule has 172 valence electrons. The molecule has 1 aromatic rings. The number of methoxy groups -OCH3 is 1. The Balaban J connectivity index is 1.94. The van der Waals surface area contributed by atoms with Gasteiger partial charge < -0.3 is 25.8 Å². The molecule has 2 amide bonds. The minimum Gasteiger partial charge on any atom is -0.469 e. The van der Waals surface area contributed by atoms with Crippen molar-refractivity contribution in [3.63, 3.8) is 0 Å². The Bertz CT molecular complexity index is 749. The van der Waals surface area contributed by atoms with Crippen molar-refractivity contribution in [2.45, 2.75) is 64.5 Å². The Morgan fingerprint density at radius 1 is 1.10 bits per heavy atom. The fourth-order valence-electron chi connectivity index (χ4n) is 3.69. The van der Waals surface area contributed by atoms with Crippen molar-refractivity contribution >= 4 is 23.7 Å². The van der Waals surface area contributed by atoms with Crippen molar-refractivity contribution in [3.8, 4) is 0 Å². The molecular formula is C23H35N3O5. The Morgan fingerprint density at radius 3 is 2.26 bits per heavy atom. The molecule has 0 unspecified atom stereocenters. The minimum atomic E-state index is -0.773. The van der Waals surface area contributed by atoms with Crippen LogP contribution >= 0.6 is 0 Å². The molecule has 8 heteroatoms. The van der Waals surface area contributed by atoms with Crippen LogP contribution in [0.3, 0.4) is 0 Å². The molecule has 0 heterocycles. The summed E-state index contributed by atoms with van der Waals surface area (Å²) >= 11 is 0. The molecule has 1 atom stereocenters. The summed E-state index contributed by atoms with van der Waals surface area (Å²) in [6.45, 7) is 5.81. The second-order valence-corrected chi connectivity index (χ2v) is 9.13. The van der Waals surface area contributed by atoms with E-state index in [0.29, 0.717) is 24.6 Å². The third kappa shape index (κ3) is 8.47. The number of amides is 2. The van der Waals surface area contributed by atoms with E-state index in [-0.39, 0.29) is 17.8 Å². The Morgan fingerprint density at radius 2 is 1.71 bits per heavy atom. The minimum absolute atomic E-state index is 0.0518. The van der Waals surface area contributed by atoms with Crippen LogP contribution in [0.15, 0.2) is 24.3 Å². The van der Waals surface area contributed by atoms with E-state index in [1.165, 1.54) is 7.11 Å². The zero-order valence-corrected chi connectivity index (χ0v) is 18.9. The SMILES string of the molecule is COC(=O)C1CCC(CNC(=O)[C@H](Cc2ccc(N)cc2)NC(=O)OC(C)(C)C)CC1. The van der Waals surface area contributed by atoms with Crippen LogP contribution < -0.4 is 16.4 Å². The van der Waals surface area contributed by atoms with Gasteiger partial charge in [0.15, 0.2) is 0 Å². The number of hydrogen-bond donors (Lipinski definition) is 3. The summed E-state index contributed by atoms with van der Waals surface area (Å²) in [6, 6.07) is 6.42. The van der Waals surface area contributed by atoms with Gasteiger partial charge in [0.05, 0.1) is 13.0 Å². The molecule has 31 heavy (non-hydrogen) atoms. The van der Waals surface area contributed by atoms with Gasteiger partial charge in [0.2, 0.25) is 5.91 Å². The normalized spacial score (nSPS) is 19.7. The second kappa shape index (κ2) is 11.0. The maximum absolute atomic E-state index is 12.9. The van der Waals surface area contributed by atoms with E-state index in [0.717, 1.165) is 31.2 Å². The molecule has 1 aliphatic carbocycles. The first-order chi connectivity index (χ1) is 14.6. The lowest BCUT2D eigenvalue weighted by molar-refractivity contribution is -0.146. The maximum atomic E-state index is 12.9. The van der Waals surface area contributed by atoms with E-state index in [2.05, 4.69) is 10.6 Å². The lowest BCUT2D eigenvalue weighted by Gasteiger charge is -2.28. The maximum Gasteiger partial charge on any atom is 0.408 e. The van der Waals surface area contributed by atoms with Crippen LogP contribution in [0.5, 0.6) is 0 Å². The van der Waals surface area contributed by atoms with Gasteiger partial charge >= 0.3 is 12.1 Å². The number of anilines is 1. The molecule has 0 spiro atoms. The standard InChI is InChI=1S/C23H35N3O5/c1-23(2,3)31-22(29)26-19(13-15-7-11-18(24)12-8-15)20(27)25-14-16-5-9-17(10-6-16)21(28)30-4/h7-8,11-12,16-17,19H,5-6,9-10,13-14,24H2,1-4H3,(H,25,27)(H,26,29)/t16?,17?,19-/m0/s1. The predicted octanol–water partition coefficient (Wildman–Crippen LogP) is 2.80. The van der Waals surface area contributed by atoms with E-state index >= 15 is 0 Å². The fourth-order valence-corrected chi connectivity index (χ4v) is 3.69. The van der Waals surface area contributed by atoms with Gasteiger partial charge in [-0.2, -0.15) is 0 Å². The van der Waals surface area contributed by atoms with E-state index < -0.39 is 17.7 Å². The van der Waals surface area contributed by atoms with Gasteiger partial charge in [-0.3, -0.25) is 9.59 Å². The molecule has 1 fully saturated rings. The molecule has 0 aromatic heterocycles. The van der Waals surface area contributed by atoms with E-state index in [9.17, 15) is 14.4 Å². The van der Waals surface area contributed by atoms with Gasteiger partial charge in [0.1, 0.15) is 11.6 Å². The number of nitrogens with two attached hydrogens (primary N) is 1. The zero-order valence-electron chi connectivity index (χ0n) is 18.9. The Hall–Kier alpha value is -2.77. The van der Waals surface area contributed by atoms with Gasteiger partial charge in [-0.1, -0.05) is 12.1 Å². The molecule has 4 N–H and O–H groups in total. The number of carbonyl (C=O) groups excluding carboxylic acids is 3. The first-order valence-electron chi connectivity index (χ1n) is 10.8. The molecule has 0 radical (unpaired) electrons. The first kappa shape index (κ1) is 24.5. The van der Waals surface area contributed by atoms with Crippen LogP contribution in [0, 0.1) is 11.8 Å². The number of alkyl carbamates (subject to hydrolysis) is 1. The number of hydrogen-bond acceptors (Lipinski definition) is 6. The highest BCUT2D eigenvalue weighted by Crippen LogP contribution is 2.29. The summed E-state index contributed by atoms with van der Waals surface area (Å²) in [7, 11) is 1.41. The lowest BCUT2D eigenvalue weighted by Crippen LogP contribution is -2.50. The van der Waals surface area contributed by atoms with Crippen molar-refractivity contribution in [1.29, 1.82) is 0 Å². The average molecular weight is 434 g/mol. The van der Waals surface area contributed by atoms with Crippen LogP contribution in [0.1, 0.15) is 52.0 Å². The molecule has 0 saturated heterocycles. The van der Waals surface area contributed by atoms with Gasteiger partial charge in [-0.05, 0) is 70.1 Å². The molecule has 2 rings (SSSR count). The number of rotatable bonds is 7. The molecule has 0 bridgehead atoms. The van der Waals surface area contributed by atoms with E-state index in [1.807, 2.05) is 12.1 Å². The van der Waals surface area contributed by atoms with Crippen molar-refractivity contribution < 1.29 is 23.9 Å². The van der Waals surface area contributed by atoms with Crippen molar-refractivity contribution in [1.82, 2.24) is 10.6 Å². The monoisotopic (exact) mass is 433 g/mol. The lowest BCUT2D eigenvalue weighted by atomic mass is 9.82. The van der Waals surface area contributed by atoms with Crippen LogP contribution in [0.2, 0.25) is 0 Å². The number of benzene rings is 1.